The molecule has 7 nitrogen and oxygen atoms in total. The van der Waals surface area contributed by atoms with Gasteiger partial charge in [0.1, 0.15) is 12.2 Å². The number of hydrogen-bond donors (Lipinski definition) is 0. The number of rotatable bonds is 6. The molecule has 8 heteroatoms. The summed E-state index contributed by atoms with van der Waals surface area (Å²) in [6.45, 7) is 9.98. The third-order valence-corrected chi connectivity index (χ3v) is 8.17. The Morgan fingerprint density at radius 2 is 1.83 bits per heavy atom. The molecule has 0 radical (unpaired) electrons. The molecule has 2 aliphatic rings. The highest BCUT2D eigenvalue weighted by Gasteiger charge is 2.39. The van der Waals surface area contributed by atoms with E-state index in [-0.39, 0.29) is 11.4 Å². The Labute approximate surface area is 216 Å². The molecule has 3 heterocycles. The van der Waals surface area contributed by atoms with E-state index >= 15 is 0 Å². The molecule has 0 atom stereocenters. The Bertz CT molecular complexity index is 1060. The molecule has 2 aromatic rings. The zero-order valence-corrected chi connectivity index (χ0v) is 22.5. The normalized spacial score (nSPS) is 19.5. The van der Waals surface area contributed by atoms with Crippen molar-refractivity contribution in [2.45, 2.75) is 52.0 Å². The van der Waals surface area contributed by atoms with Crippen molar-refractivity contribution in [3.8, 4) is 0 Å². The maximum Gasteiger partial charge on any atom is 0.260 e. The van der Waals surface area contributed by atoms with Crippen LogP contribution in [0, 0.1) is 18.0 Å². The molecule has 0 bridgehead atoms. The average Bonchev–Trinajstić information content (AvgIpc) is 2.87. The number of halogens is 1. The molecule has 2 aliphatic heterocycles. The van der Waals surface area contributed by atoms with Crippen molar-refractivity contribution < 1.29 is 14.4 Å². The Hall–Kier alpha value is -2.45. The van der Waals surface area contributed by atoms with Crippen molar-refractivity contribution in [2.75, 3.05) is 32.8 Å². The summed E-state index contributed by atoms with van der Waals surface area (Å²) < 4.78 is 1.82. The second kappa shape index (κ2) is 11.1. The van der Waals surface area contributed by atoms with Gasteiger partial charge in [0.15, 0.2) is 6.20 Å². The molecule has 1 amide bonds. The lowest BCUT2D eigenvalue weighted by molar-refractivity contribution is -0.612. The summed E-state index contributed by atoms with van der Waals surface area (Å²) in [5.74, 6) is 0.323. The van der Waals surface area contributed by atoms with Crippen LogP contribution in [0.5, 0.6) is 0 Å². The fourth-order valence-electron chi connectivity index (χ4n) is 5.28. The minimum atomic E-state index is -0.0419. The van der Waals surface area contributed by atoms with Crippen molar-refractivity contribution in [2.24, 2.45) is 11.1 Å². The largest absolute Gasteiger partial charge is 0.618 e. The lowest BCUT2D eigenvalue weighted by Gasteiger charge is -2.49. The van der Waals surface area contributed by atoms with Crippen LogP contribution in [0.2, 0.25) is 0 Å². The fraction of sp³-hybridized carbons (Fsp3) is 0.519. The number of likely N-dealkylation sites (tertiary alicyclic amines) is 2. The molecule has 1 aromatic carbocycles. The van der Waals surface area contributed by atoms with Crippen LogP contribution in [0.15, 0.2) is 52.2 Å². The van der Waals surface area contributed by atoms with E-state index in [1.54, 1.807) is 19.1 Å². The predicted octanol–water partition coefficient (Wildman–Crippen LogP) is 4.54. The van der Waals surface area contributed by atoms with Crippen molar-refractivity contribution >= 4 is 27.5 Å². The van der Waals surface area contributed by atoms with Gasteiger partial charge in [-0.15, -0.1) is 0 Å². The third kappa shape index (κ3) is 5.70. The van der Waals surface area contributed by atoms with Gasteiger partial charge in [-0.2, -0.15) is 4.73 Å². The summed E-state index contributed by atoms with van der Waals surface area (Å²) >= 11 is 3.52. The minimum absolute atomic E-state index is 0.0419. The molecule has 0 unspecified atom stereocenters. The number of piperidine rings is 2. The molecule has 2 fully saturated rings. The molecular weight excluding hydrogens is 508 g/mol. The van der Waals surface area contributed by atoms with Crippen molar-refractivity contribution in [1.82, 2.24) is 9.80 Å². The van der Waals surface area contributed by atoms with Gasteiger partial charge in [-0.25, -0.2) is 0 Å². The lowest BCUT2D eigenvalue weighted by Crippen LogP contribution is -2.57. The van der Waals surface area contributed by atoms with Gasteiger partial charge >= 0.3 is 0 Å². The van der Waals surface area contributed by atoms with Crippen LogP contribution in [-0.2, 0) is 4.84 Å². The number of aromatic nitrogens is 1. The van der Waals surface area contributed by atoms with Crippen molar-refractivity contribution in [3.63, 3.8) is 0 Å². The molecule has 188 valence electrons. The first-order valence-electron chi connectivity index (χ1n) is 12.5. The standard InChI is InChI=1S/C27H35BrN4O3/c1-4-35-29-25(21-7-9-23(28)10-8-21)22-11-16-31(17-12-22)27(3)13-18-30(19-14-27)26(33)24-6-5-15-32(34)20(24)2/h5-10,15,22H,4,11-14,16-19H2,1-3H3/b29-25-. The number of carbonyl (C=O) groups excluding carboxylic acids is 1. The Morgan fingerprint density at radius 1 is 1.17 bits per heavy atom. The van der Waals surface area contributed by atoms with Gasteiger partial charge in [-0.3, -0.25) is 9.69 Å². The number of hydrogen-bond acceptors (Lipinski definition) is 5. The number of oxime groups is 1. The fourth-order valence-corrected chi connectivity index (χ4v) is 5.55. The number of pyridine rings is 1. The van der Waals surface area contributed by atoms with Crippen LogP contribution in [0.25, 0.3) is 0 Å². The monoisotopic (exact) mass is 542 g/mol. The van der Waals surface area contributed by atoms with E-state index in [9.17, 15) is 10.0 Å². The maximum absolute atomic E-state index is 13.1. The van der Waals surface area contributed by atoms with Crippen LogP contribution in [0.4, 0.5) is 0 Å². The van der Waals surface area contributed by atoms with E-state index in [1.807, 2.05) is 11.8 Å². The van der Waals surface area contributed by atoms with Gasteiger partial charge in [-0.1, -0.05) is 33.2 Å². The van der Waals surface area contributed by atoms with E-state index in [0.29, 0.717) is 36.9 Å². The van der Waals surface area contributed by atoms with Crippen LogP contribution in [0.3, 0.4) is 0 Å². The van der Waals surface area contributed by atoms with Crippen molar-refractivity contribution in [1.29, 1.82) is 0 Å². The zero-order valence-electron chi connectivity index (χ0n) is 20.9. The van der Waals surface area contributed by atoms with Gasteiger partial charge in [0.05, 0.1) is 5.71 Å². The van der Waals surface area contributed by atoms with Crippen LogP contribution >= 0.6 is 15.9 Å². The maximum atomic E-state index is 13.1. The van der Waals surface area contributed by atoms with Crippen molar-refractivity contribution in [3.05, 3.63) is 69.1 Å². The highest BCUT2D eigenvalue weighted by molar-refractivity contribution is 9.10. The molecular formula is C27H35BrN4O3. The Morgan fingerprint density at radius 3 is 2.46 bits per heavy atom. The second-order valence-electron chi connectivity index (χ2n) is 9.78. The van der Waals surface area contributed by atoms with E-state index in [4.69, 9.17) is 4.84 Å². The van der Waals surface area contributed by atoms with E-state index in [2.05, 4.69) is 57.2 Å². The molecule has 0 N–H and O–H groups in total. The molecule has 4 rings (SSSR count). The number of benzene rings is 1. The highest BCUT2D eigenvalue weighted by Crippen LogP contribution is 2.34. The van der Waals surface area contributed by atoms with Gasteiger partial charge in [0.25, 0.3) is 5.91 Å². The van der Waals surface area contributed by atoms with Gasteiger partial charge in [-0.05, 0) is 76.4 Å². The summed E-state index contributed by atoms with van der Waals surface area (Å²) in [6, 6.07) is 11.7. The summed E-state index contributed by atoms with van der Waals surface area (Å²) in [6.07, 6.45) is 5.36. The summed E-state index contributed by atoms with van der Waals surface area (Å²) in [5.41, 5.74) is 3.19. The summed E-state index contributed by atoms with van der Waals surface area (Å²) in [7, 11) is 0. The quantitative estimate of drug-likeness (QED) is 0.232. The Balaban J connectivity index is 1.37. The smallest absolute Gasteiger partial charge is 0.260 e. The molecule has 1 aromatic heterocycles. The number of carbonyl (C=O) groups is 1. The third-order valence-electron chi connectivity index (χ3n) is 7.64. The first-order chi connectivity index (χ1) is 16.8. The van der Waals surface area contributed by atoms with Gasteiger partial charge in [0.2, 0.25) is 5.69 Å². The molecule has 2 saturated heterocycles. The second-order valence-corrected chi connectivity index (χ2v) is 10.7. The predicted molar refractivity (Wildman–Crippen MR) is 140 cm³/mol. The first-order valence-corrected chi connectivity index (χ1v) is 13.3. The molecule has 0 aliphatic carbocycles. The molecule has 0 saturated carbocycles. The summed E-state index contributed by atoms with van der Waals surface area (Å²) in [4.78, 5) is 23.0. The SMILES string of the molecule is CCO/N=C(/c1ccc(Br)cc1)C1CCN(C2(C)CCN(C(=O)c3ccc[n+]([O-])c3C)CC2)CC1. The topological polar surface area (TPSA) is 72.1 Å². The van der Waals surface area contributed by atoms with Gasteiger partial charge in [0, 0.05) is 42.0 Å². The van der Waals surface area contributed by atoms with E-state index < -0.39 is 0 Å². The molecule has 35 heavy (non-hydrogen) atoms. The van der Waals surface area contributed by atoms with Crippen LogP contribution < -0.4 is 4.73 Å². The van der Waals surface area contributed by atoms with E-state index in [1.165, 1.54) is 6.20 Å². The zero-order chi connectivity index (χ0) is 25.0. The Kier molecular flexibility index (Phi) is 8.12. The van der Waals surface area contributed by atoms with E-state index in [0.717, 1.165) is 59.3 Å². The minimum Gasteiger partial charge on any atom is -0.618 e. The summed E-state index contributed by atoms with van der Waals surface area (Å²) in [5, 5.41) is 16.4. The average molecular weight is 544 g/mol. The van der Waals surface area contributed by atoms with Crippen LogP contribution in [-0.4, -0.2) is 59.7 Å². The number of amides is 1. The number of nitrogens with zero attached hydrogens (tertiary/aromatic N) is 4. The lowest BCUT2D eigenvalue weighted by atomic mass is 9.82. The first kappa shape index (κ1) is 25.6. The highest BCUT2D eigenvalue weighted by atomic mass is 79.9. The van der Waals surface area contributed by atoms with Gasteiger partial charge < -0.3 is 14.9 Å². The molecule has 0 spiro atoms. The van der Waals surface area contributed by atoms with Crippen LogP contribution in [0.1, 0.15) is 61.1 Å².